The standard InChI is InChI=1S/C17H16N2O5S/c1-11-13(3-2-4-14(11)19(21)22)18-17(20)10-25-12-5-6-15-16(9-12)24-8-7-23-15/h2-6,9H,7-8,10H2,1H3,(H,18,20). The van der Waals surface area contributed by atoms with Gasteiger partial charge >= 0.3 is 0 Å². The van der Waals surface area contributed by atoms with Crippen LogP contribution in [-0.4, -0.2) is 29.8 Å². The summed E-state index contributed by atoms with van der Waals surface area (Å²) in [7, 11) is 0. The third kappa shape index (κ3) is 4.03. The van der Waals surface area contributed by atoms with Gasteiger partial charge in [-0.05, 0) is 31.2 Å². The Bertz CT molecular complexity index is 825. The summed E-state index contributed by atoms with van der Waals surface area (Å²) in [5, 5.41) is 13.7. The zero-order valence-corrected chi connectivity index (χ0v) is 14.3. The Balaban J connectivity index is 1.62. The van der Waals surface area contributed by atoms with Crippen LogP contribution in [0, 0.1) is 17.0 Å². The first-order valence-electron chi connectivity index (χ1n) is 7.61. The van der Waals surface area contributed by atoms with E-state index in [0.29, 0.717) is 36.0 Å². The molecule has 3 rings (SSSR count). The number of nitrogens with one attached hydrogen (secondary N) is 1. The number of hydrogen-bond donors (Lipinski definition) is 1. The quantitative estimate of drug-likeness (QED) is 0.499. The van der Waals surface area contributed by atoms with Crippen LogP contribution >= 0.6 is 11.8 Å². The van der Waals surface area contributed by atoms with Gasteiger partial charge in [0.25, 0.3) is 5.69 Å². The van der Waals surface area contributed by atoms with Gasteiger partial charge in [-0.15, -0.1) is 11.8 Å². The second-order valence-electron chi connectivity index (χ2n) is 5.35. The van der Waals surface area contributed by atoms with Crippen molar-refractivity contribution in [3.05, 3.63) is 52.1 Å². The summed E-state index contributed by atoms with van der Waals surface area (Å²) < 4.78 is 11.0. The molecule has 0 saturated heterocycles. The summed E-state index contributed by atoms with van der Waals surface area (Å²) in [4.78, 5) is 23.5. The smallest absolute Gasteiger partial charge is 0.274 e. The van der Waals surface area contributed by atoms with E-state index in [1.807, 2.05) is 18.2 Å². The Hall–Kier alpha value is -2.74. The topological polar surface area (TPSA) is 90.7 Å². The van der Waals surface area contributed by atoms with Gasteiger partial charge in [0, 0.05) is 11.0 Å². The van der Waals surface area contributed by atoms with Gasteiger partial charge in [0.1, 0.15) is 13.2 Å². The van der Waals surface area contributed by atoms with E-state index in [4.69, 9.17) is 9.47 Å². The van der Waals surface area contributed by atoms with Gasteiger partial charge in [0.2, 0.25) is 5.91 Å². The van der Waals surface area contributed by atoms with Gasteiger partial charge in [-0.1, -0.05) is 6.07 Å². The summed E-state index contributed by atoms with van der Waals surface area (Å²) in [5.74, 6) is 1.32. The number of rotatable bonds is 5. The molecule has 1 amide bonds. The molecule has 1 N–H and O–H groups in total. The fraction of sp³-hybridized carbons (Fsp3) is 0.235. The zero-order chi connectivity index (χ0) is 17.8. The molecule has 1 aliphatic rings. The summed E-state index contributed by atoms with van der Waals surface area (Å²) >= 11 is 1.36. The number of ether oxygens (including phenoxy) is 2. The van der Waals surface area contributed by atoms with E-state index in [2.05, 4.69) is 5.32 Å². The predicted molar refractivity (Wildman–Crippen MR) is 94.6 cm³/mol. The number of benzene rings is 2. The third-order valence-corrected chi connectivity index (χ3v) is 4.65. The lowest BCUT2D eigenvalue weighted by Gasteiger charge is -2.18. The molecule has 0 unspecified atom stereocenters. The number of carbonyl (C=O) groups is 1. The monoisotopic (exact) mass is 360 g/mol. The number of nitrogens with zero attached hydrogens (tertiary/aromatic N) is 1. The van der Waals surface area contributed by atoms with Crippen LogP contribution in [0.15, 0.2) is 41.3 Å². The second kappa shape index (κ2) is 7.43. The highest BCUT2D eigenvalue weighted by atomic mass is 32.2. The van der Waals surface area contributed by atoms with E-state index in [9.17, 15) is 14.9 Å². The maximum atomic E-state index is 12.2. The van der Waals surface area contributed by atoms with Crippen molar-refractivity contribution in [2.24, 2.45) is 0 Å². The Morgan fingerprint density at radius 1 is 1.24 bits per heavy atom. The molecule has 25 heavy (non-hydrogen) atoms. The molecule has 2 aromatic carbocycles. The number of nitro groups is 1. The molecule has 0 spiro atoms. The number of anilines is 1. The van der Waals surface area contributed by atoms with E-state index >= 15 is 0 Å². The van der Waals surface area contributed by atoms with Gasteiger partial charge in [-0.3, -0.25) is 14.9 Å². The Morgan fingerprint density at radius 2 is 2.00 bits per heavy atom. The maximum absolute atomic E-state index is 12.2. The molecule has 130 valence electrons. The number of nitro benzene ring substituents is 1. The Kier molecular flexibility index (Phi) is 5.08. The molecule has 0 saturated carbocycles. The number of hydrogen-bond acceptors (Lipinski definition) is 6. The van der Waals surface area contributed by atoms with Crippen LogP contribution in [0.25, 0.3) is 0 Å². The van der Waals surface area contributed by atoms with Crippen LogP contribution in [0.3, 0.4) is 0 Å². The van der Waals surface area contributed by atoms with E-state index in [-0.39, 0.29) is 17.3 Å². The number of amides is 1. The van der Waals surface area contributed by atoms with Crippen molar-refractivity contribution in [3.63, 3.8) is 0 Å². The molecular weight excluding hydrogens is 344 g/mol. The molecule has 0 bridgehead atoms. The van der Waals surface area contributed by atoms with Crippen LogP contribution in [0.4, 0.5) is 11.4 Å². The second-order valence-corrected chi connectivity index (χ2v) is 6.40. The van der Waals surface area contributed by atoms with E-state index in [0.717, 1.165) is 4.90 Å². The van der Waals surface area contributed by atoms with Gasteiger partial charge in [0.15, 0.2) is 11.5 Å². The van der Waals surface area contributed by atoms with Crippen LogP contribution in [0.1, 0.15) is 5.56 Å². The first kappa shape index (κ1) is 17.1. The number of carbonyl (C=O) groups excluding carboxylic acids is 1. The van der Waals surface area contributed by atoms with Crippen molar-refractivity contribution in [1.82, 2.24) is 0 Å². The normalized spacial score (nSPS) is 12.5. The molecule has 7 nitrogen and oxygen atoms in total. The summed E-state index contributed by atoms with van der Waals surface area (Å²) in [6.07, 6.45) is 0. The number of fused-ring (bicyclic) bond motifs is 1. The van der Waals surface area contributed by atoms with E-state index in [1.54, 1.807) is 19.1 Å². The lowest BCUT2D eigenvalue weighted by atomic mass is 10.1. The minimum absolute atomic E-state index is 0.0164. The van der Waals surface area contributed by atoms with Crippen LogP contribution in [0.5, 0.6) is 11.5 Å². The number of thioether (sulfide) groups is 1. The highest BCUT2D eigenvalue weighted by molar-refractivity contribution is 8.00. The highest BCUT2D eigenvalue weighted by Gasteiger charge is 2.16. The molecule has 8 heteroatoms. The Morgan fingerprint density at radius 3 is 2.76 bits per heavy atom. The highest BCUT2D eigenvalue weighted by Crippen LogP contribution is 2.34. The summed E-state index contributed by atoms with van der Waals surface area (Å²) in [5.41, 5.74) is 0.865. The van der Waals surface area contributed by atoms with Crippen LogP contribution in [0.2, 0.25) is 0 Å². The van der Waals surface area contributed by atoms with Gasteiger partial charge in [-0.25, -0.2) is 0 Å². The molecule has 0 atom stereocenters. The maximum Gasteiger partial charge on any atom is 0.274 e. The average molecular weight is 360 g/mol. The van der Waals surface area contributed by atoms with Crippen molar-refractivity contribution in [2.45, 2.75) is 11.8 Å². The van der Waals surface area contributed by atoms with Crippen molar-refractivity contribution in [3.8, 4) is 11.5 Å². The molecule has 0 fully saturated rings. The first-order valence-corrected chi connectivity index (χ1v) is 8.59. The van der Waals surface area contributed by atoms with Gasteiger partial charge in [-0.2, -0.15) is 0 Å². The SMILES string of the molecule is Cc1c(NC(=O)CSc2ccc3c(c2)OCCO3)cccc1[N+](=O)[O-]. The summed E-state index contributed by atoms with van der Waals surface area (Å²) in [6, 6.07) is 10.1. The third-order valence-electron chi connectivity index (χ3n) is 3.66. The van der Waals surface area contributed by atoms with E-state index < -0.39 is 4.92 Å². The zero-order valence-electron chi connectivity index (χ0n) is 13.5. The minimum Gasteiger partial charge on any atom is -0.486 e. The average Bonchev–Trinajstić information content (AvgIpc) is 2.61. The minimum atomic E-state index is -0.463. The van der Waals surface area contributed by atoms with Gasteiger partial charge in [0.05, 0.1) is 21.9 Å². The Labute approximate surface area is 148 Å². The first-order chi connectivity index (χ1) is 12.0. The lowest BCUT2D eigenvalue weighted by molar-refractivity contribution is -0.385. The van der Waals surface area contributed by atoms with Crippen molar-refractivity contribution < 1.29 is 19.2 Å². The molecular formula is C17H16N2O5S. The van der Waals surface area contributed by atoms with E-state index in [1.165, 1.54) is 17.8 Å². The van der Waals surface area contributed by atoms with Crippen molar-refractivity contribution in [2.75, 3.05) is 24.3 Å². The fourth-order valence-electron chi connectivity index (χ4n) is 2.41. The lowest BCUT2D eigenvalue weighted by Crippen LogP contribution is -2.16. The molecule has 0 radical (unpaired) electrons. The molecule has 2 aromatic rings. The molecule has 0 aromatic heterocycles. The van der Waals surface area contributed by atoms with Gasteiger partial charge < -0.3 is 14.8 Å². The molecule has 0 aliphatic carbocycles. The van der Waals surface area contributed by atoms with Crippen LogP contribution in [-0.2, 0) is 4.79 Å². The predicted octanol–water partition coefficient (Wildman–Crippen LogP) is 3.41. The largest absolute Gasteiger partial charge is 0.486 e. The van der Waals surface area contributed by atoms with Crippen LogP contribution < -0.4 is 14.8 Å². The van der Waals surface area contributed by atoms with Crippen molar-refractivity contribution >= 4 is 29.0 Å². The van der Waals surface area contributed by atoms with Crippen molar-refractivity contribution in [1.29, 1.82) is 0 Å². The molecule has 1 aliphatic heterocycles. The fourth-order valence-corrected chi connectivity index (χ4v) is 3.13. The summed E-state index contributed by atoms with van der Waals surface area (Å²) in [6.45, 7) is 2.65. The molecule has 1 heterocycles.